The van der Waals surface area contributed by atoms with Crippen molar-refractivity contribution in [1.29, 1.82) is 0 Å². The predicted molar refractivity (Wildman–Crippen MR) is 80.4 cm³/mol. The van der Waals surface area contributed by atoms with E-state index in [2.05, 4.69) is 12.2 Å². The van der Waals surface area contributed by atoms with Gasteiger partial charge >= 0.3 is 0 Å². The number of carbonyl (C=O) groups is 1. The lowest BCUT2D eigenvalue weighted by atomic mass is 9.85. The number of amides is 1. The van der Waals surface area contributed by atoms with E-state index in [-0.39, 0.29) is 18.6 Å². The summed E-state index contributed by atoms with van der Waals surface area (Å²) in [6.07, 6.45) is 7.47. The topological polar surface area (TPSA) is 52.6 Å². The van der Waals surface area contributed by atoms with E-state index in [1.54, 1.807) is 0 Å². The van der Waals surface area contributed by atoms with Crippen molar-refractivity contribution in [3.05, 3.63) is 0 Å². The molecule has 0 saturated carbocycles. The minimum Gasteiger partial charge on any atom is -0.394 e. The Morgan fingerprint density at radius 2 is 2.15 bits per heavy atom. The van der Waals surface area contributed by atoms with E-state index in [0.717, 1.165) is 38.9 Å². The van der Waals surface area contributed by atoms with Gasteiger partial charge in [-0.15, -0.1) is 0 Å². The minimum absolute atomic E-state index is 0.0571. The Labute approximate surface area is 122 Å². The molecule has 4 heteroatoms. The fraction of sp³-hybridized carbons (Fsp3) is 0.938. The Morgan fingerprint density at radius 3 is 2.85 bits per heavy atom. The zero-order valence-corrected chi connectivity index (χ0v) is 12.8. The monoisotopic (exact) mass is 282 g/mol. The minimum atomic E-state index is 0.0571. The van der Waals surface area contributed by atoms with Gasteiger partial charge in [0.15, 0.2) is 0 Å². The summed E-state index contributed by atoms with van der Waals surface area (Å²) in [6, 6.07) is 0.0571. The number of carbonyl (C=O) groups excluding carboxylic acids is 1. The van der Waals surface area contributed by atoms with Gasteiger partial charge < -0.3 is 15.3 Å². The summed E-state index contributed by atoms with van der Waals surface area (Å²) in [4.78, 5) is 14.5. The van der Waals surface area contributed by atoms with E-state index in [4.69, 9.17) is 0 Å². The molecule has 2 N–H and O–H groups in total. The van der Waals surface area contributed by atoms with Crippen molar-refractivity contribution < 1.29 is 9.90 Å². The molecule has 4 nitrogen and oxygen atoms in total. The van der Waals surface area contributed by atoms with Crippen LogP contribution in [0.5, 0.6) is 0 Å². The van der Waals surface area contributed by atoms with Crippen LogP contribution in [0.25, 0.3) is 0 Å². The first-order valence-electron chi connectivity index (χ1n) is 8.33. The summed E-state index contributed by atoms with van der Waals surface area (Å²) in [5, 5.41) is 12.9. The highest BCUT2D eigenvalue weighted by Crippen LogP contribution is 2.25. The van der Waals surface area contributed by atoms with Gasteiger partial charge in [-0.1, -0.05) is 19.8 Å². The quantitative estimate of drug-likeness (QED) is 0.826. The van der Waals surface area contributed by atoms with Crippen molar-refractivity contribution in [3.63, 3.8) is 0 Å². The van der Waals surface area contributed by atoms with Crippen LogP contribution >= 0.6 is 0 Å². The smallest absolute Gasteiger partial charge is 0.223 e. The Bertz CT molecular complexity index is 303. The van der Waals surface area contributed by atoms with E-state index in [1.807, 2.05) is 4.90 Å². The normalized spacial score (nSPS) is 29.8. The number of aliphatic hydroxyl groups excluding tert-OH is 1. The van der Waals surface area contributed by atoms with Crippen molar-refractivity contribution in [2.24, 2.45) is 11.8 Å². The Kier molecular flexibility index (Phi) is 6.30. The van der Waals surface area contributed by atoms with Gasteiger partial charge in [-0.25, -0.2) is 0 Å². The predicted octanol–water partition coefficient (Wildman–Crippen LogP) is 1.78. The molecule has 2 aliphatic heterocycles. The van der Waals surface area contributed by atoms with Crippen molar-refractivity contribution in [3.8, 4) is 0 Å². The number of hydrogen-bond donors (Lipinski definition) is 2. The van der Waals surface area contributed by atoms with Gasteiger partial charge in [0.25, 0.3) is 0 Å². The molecular formula is C16H30N2O2. The van der Waals surface area contributed by atoms with E-state index >= 15 is 0 Å². The van der Waals surface area contributed by atoms with E-state index in [1.165, 1.54) is 19.3 Å². The van der Waals surface area contributed by atoms with Crippen molar-refractivity contribution in [2.75, 3.05) is 26.2 Å². The summed E-state index contributed by atoms with van der Waals surface area (Å²) < 4.78 is 0. The van der Waals surface area contributed by atoms with Crippen LogP contribution in [0.2, 0.25) is 0 Å². The number of rotatable bonds is 4. The molecule has 0 aromatic carbocycles. The highest BCUT2D eigenvalue weighted by atomic mass is 16.3. The van der Waals surface area contributed by atoms with Gasteiger partial charge in [0.05, 0.1) is 12.6 Å². The SMILES string of the molecule is CC(CC(=O)N1CCCCCC1CO)C1CCCNC1. The van der Waals surface area contributed by atoms with Crippen molar-refractivity contribution in [2.45, 2.75) is 57.9 Å². The maximum absolute atomic E-state index is 12.6. The number of nitrogens with one attached hydrogen (secondary N) is 1. The van der Waals surface area contributed by atoms with E-state index < -0.39 is 0 Å². The average molecular weight is 282 g/mol. The van der Waals surface area contributed by atoms with Crippen LogP contribution < -0.4 is 5.32 Å². The molecule has 0 bridgehead atoms. The van der Waals surface area contributed by atoms with Gasteiger partial charge in [-0.3, -0.25) is 4.79 Å². The molecule has 0 aromatic heterocycles. The molecular weight excluding hydrogens is 252 g/mol. The van der Waals surface area contributed by atoms with Crippen LogP contribution in [0.4, 0.5) is 0 Å². The van der Waals surface area contributed by atoms with Gasteiger partial charge in [0, 0.05) is 13.0 Å². The number of likely N-dealkylation sites (tertiary alicyclic amines) is 1. The molecule has 0 aromatic rings. The van der Waals surface area contributed by atoms with Crippen molar-refractivity contribution in [1.82, 2.24) is 10.2 Å². The molecule has 2 fully saturated rings. The third kappa shape index (κ3) is 4.19. The van der Waals surface area contributed by atoms with Crippen LogP contribution in [0.15, 0.2) is 0 Å². The molecule has 2 aliphatic rings. The van der Waals surface area contributed by atoms with Crippen LogP contribution in [-0.2, 0) is 4.79 Å². The van der Waals surface area contributed by atoms with Gasteiger partial charge in [0.2, 0.25) is 5.91 Å². The van der Waals surface area contributed by atoms with Gasteiger partial charge in [-0.2, -0.15) is 0 Å². The first kappa shape index (κ1) is 15.8. The molecule has 0 aliphatic carbocycles. The molecule has 3 unspecified atom stereocenters. The molecule has 2 rings (SSSR count). The second-order valence-electron chi connectivity index (χ2n) is 6.56. The van der Waals surface area contributed by atoms with Crippen LogP contribution in [0.1, 0.15) is 51.9 Å². The maximum Gasteiger partial charge on any atom is 0.223 e. The molecule has 3 atom stereocenters. The Morgan fingerprint density at radius 1 is 1.30 bits per heavy atom. The Balaban J connectivity index is 1.88. The second kappa shape index (κ2) is 7.99. The number of hydrogen-bond acceptors (Lipinski definition) is 3. The lowest BCUT2D eigenvalue weighted by molar-refractivity contribution is -0.135. The maximum atomic E-state index is 12.6. The third-order valence-corrected chi connectivity index (χ3v) is 5.04. The highest BCUT2D eigenvalue weighted by Gasteiger charge is 2.28. The lowest BCUT2D eigenvalue weighted by Crippen LogP contribution is -2.43. The molecule has 116 valence electrons. The number of nitrogens with zero attached hydrogens (tertiary/aromatic N) is 1. The fourth-order valence-electron chi connectivity index (χ4n) is 3.62. The lowest BCUT2D eigenvalue weighted by Gasteiger charge is -2.32. The molecule has 20 heavy (non-hydrogen) atoms. The van der Waals surface area contributed by atoms with Gasteiger partial charge in [-0.05, 0) is 50.6 Å². The second-order valence-corrected chi connectivity index (χ2v) is 6.56. The molecule has 2 saturated heterocycles. The van der Waals surface area contributed by atoms with Crippen molar-refractivity contribution >= 4 is 5.91 Å². The summed E-state index contributed by atoms with van der Waals surface area (Å²) >= 11 is 0. The number of piperidine rings is 1. The molecule has 0 spiro atoms. The van der Waals surface area contributed by atoms with Crippen LogP contribution in [0.3, 0.4) is 0 Å². The number of aliphatic hydroxyl groups is 1. The Hall–Kier alpha value is -0.610. The third-order valence-electron chi connectivity index (χ3n) is 5.04. The first-order valence-corrected chi connectivity index (χ1v) is 8.33. The first-order chi connectivity index (χ1) is 9.72. The summed E-state index contributed by atoms with van der Waals surface area (Å²) in [5.74, 6) is 1.33. The van der Waals surface area contributed by atoms with Crippen LogP contribution in [-0.4, -0.2) is 48.2 Å². The average Bonchev–Trinajstić information content (AvgIpc) is 2.73. The molecule has 0 radical (unpaired) electrons. The fourth-order valence-corrected chi connectivity index (χ4v) is 3.62. The zero-order chi connectivity index (χ0) is 14.4. The summed E-state index contributed by atoms with van der Waals surface area (Å²) in [7, 11) is 0. The largest absolute Gasteiger partial charge is 0.394 e. The van der Waals surface area contributed by atoms with Crippen LogP contribution in [0, 0.1) is 11.8 Å². The summed E-state index contributed by atoms with van der Waals surface area (Å²) in [5.41, 5.74) is 0. The van der Waals surface area contributed by atoms with Gasteiger partial charge in [0.1, 0.15) is 0 Å². The molecule has 1 amide bonds. The summed E-state index contributed by atoms with van der Waals surface area (Å²) in [6.45, 7) is 5.33. The van der Waals surface area contributed by atoms with E-state index in [9.17, 15) is 9.90 Å². The van der Waals surface area contributed by atoms with E-state index in [0.29, 0.717) is 18.3 Å². The molecule has 2 heterocycles. The zero-order valence-electron chi connectivity index (χ0n) is 12.8. The highest BCUT2D eigenvalue weighted by molar-refractivity contribution is 5.76. The standard InChI is InChI=1S/C16H30N2O2/c1-13(14-6-5-8-17-11-14)10-16(20)18-9-4-2-3-7-15(18)12-19/h13-15,17,19H,2-12H2,1H3.